The van der Waals surface area contributed by atoms with Crippen molar-refractivity contribution in [2.24, 2.45) is 0 Å². The van der Waals surface area contributed by atoms with Gasteiger partial charge < -0.3 is 19.7 Å². The lowest BCUT2D eigenvalue weighted by Gasteiger charge is -2.33. The zero-order valence-corrected chi connectivity index (χ0v) is 27.8. The van der Waals surface area contributed by atoms with E-state index in [1.807, 2.05) is 43.3 Å². The number of ether oxygens (including phenoxy) is 2. The maximum atomic E-state index is 14.4. The second kappa shape index (κ2) is 15.6. The van der Waals surface area contributed by atoms with Crippen LogP contribution in [-0.2, 0) is 32.6 Å². The summed E-state index contributed by atoms with van der Waals surface area (Å²) in [7, 11) is -1.15. The largest absolute Gasteiger partial charge is 0.497 e. The maximum Gasteiger partial charge on any atom is 0.264 e. The molecule has 0 fully saturated rings. The van der Waals surface area contributed by atoms with E-state index in [0.717, 1.165) is 9.87 Å². The van der Waals surface area contributed by atoms with Gasteiger partial charge in [-0.25, -0.2) is 8.42 Å². The molecule has 236 valence electrons. The normalized spacial score (nSPS) is 11.7. The van der Waals surface area contributed by atoms with Crippen LogP contribution in [0.15, 0.2) is 112 Å². The molecular formula is C34H36BrN3O6S. The average Bonchev–Trinajstić information content (AvgIpc) is 3.06. The van der Waals surface area contributed by atoms with Crippen LogP contribution in [0.1, 0.15) is 18.1 Å². The lowest BCUT2D eigenvalue weighted by atomic mass is 10.0. The summed E-state index contributed by atoms with van der Waals surface area (Å²) in [4.78, 5) is 29.3. The van der Waals surface area contributed by atoms with Gasteiger partial charge in [0.05, 0.1) is 24.3 Å². The molecule has 1 unspecified atom stereocenters. The number of carbonyl (C=O) groups excluding carboxylic acids is 2. The third-order valence-corrected chi connectivity index (χ3v) is 9.44. The summed E-state index contributed by atoms with van der Waals surface area (Å²) in [5.74, 6) is 0.222. The molecule has 4 aromatic rings. The Kier molecular flexibility index (Phi) is 11.6. The third-order valence-electron chi connectivity index (χ3n) is 7.12. The van der Waals surface area contributed by atoms with Crippen LogP contribution < -0.4 is 19.1 Å². The van der Waals surface area contributed by atoms with Crippen LogP contribution in [0.5, 0.6) is 11.5 Å². The van der Waals surface area contributed by atoms with E-state index in [9.17, 15) is 18.0 Å². The molecule has 2 amide bonds. The Morgan fingerprint density at radius 3 is 2.16 bits per heavy atom. The number of benzene rings is 4. The second-order valence-corrected chi connectivity index (χ2v) is 12.9. The molecule has 0 aliphatic rings. The topological polar surface area (TPSA) is 105 Å². The highest BCUT2D eigenvalue weighted by Gasteiger charge is 2.34. The molecular weight excluding hydrogens is 658 g/mol. The number of halogens is 1. The van der Waals surface area contributed by atoms with E-state index in [2.05, 4.69) is 21.2 Å². The van der Waals surface area contributed by atoms with E-state index in [1.165, 1.54) is 24.1 Å². The lowest BCUT2D eigenvalue weighted by Crippen LogP contribution is -2.53. The molecule has 0 aromatic heterocycles. The summed E-state index contributed by atoms with van der Waals surface area (Å²) >= 11 is 3.35. The molecule has 1 N–H and O–H groups in total. The molecule has 0 saturated carbocycles. The van der Waals surface area contributed by atoms with Crippen molar-refractivity contribution in [3.8, 4) is 11.5 Å². The zero-order chi connectivity index (χ0) is 32.4. The fourth-order valence-corrected chi connectivity index (χ4v) is 6.50. The van der Waals surface area contributed by atoms with Gasteiger partial charge in [0.15, 0.2) is 0 Å². The Hall–Kier alpha value is -4.35. The summed E-state index contributed by atoms with van der Waals surface area (Å²) in [6, 6.07) is 28.3. The summed E-state index contributed by atoms with van der Waals surface area (Å²) in [5, 5.41) is 2.69. The highest BCUT2D eigenvalue weighted by atomic mass is 79.9. The van der Waals surface area contributed by atoms with Crippen molar-refractivity contribution in [1.82, 2.24) is 10.2 Å². The van der Waals surface area contributed by atoms with Gasteiger partial charge in [0.1, 0.15) is 24.1 Å². The molecule has 0 bridgehead atoms. The average molecular weight is 695 g/mol. The van der Waals surface area contributed by atoms with Gasteiger partial charge in [0.25, 0.3) is 10.0 Å². The van der Waals surface area contributed by atoms with Crippen molar-refractivity contribution in [3.63, 3.8) is 0 Å². The number of amides is 2. The van der Waals surface area contributed by atoms with E-state index in [-0.39, 0.29) is 29.5 Å². The summed E-state index contributed by atoms with van der Waals surface area (Å²) < 4.78 is 41.0. The van der Waals surface area contributed by atoms with E-state index in [4.69, 9.17) is 9.47 Å². The van der Waals surface area contributed by atoms with Crippen LogP contribution in [0.25, 0.3) is 0 Å². The molecule has 4 rings (SSSR count). The fraction of sp³-hybridized carbons (Fsp3) is 0.235. The molecule has 0 radical (unpaired) electrons. The number of nitrogens with one attached hydrogen (secondary N) is 1. The summed E-state index contributed by atoms with van der Waals surface area (Å²) in [6.45, 7) is 1.78. The lowest BCUT2D eigenvalue weighted by molar-refractivity contribution is -0.139. The number of anilines is 1. The van der Waals surface area contributed by atoms with Crippen molar-refractivity contribution in [2.75, 3.05) is 31.6 Å². The number of nitrogens with zero attached hydrogens (tertiary/aromatic N) is 2. The van der Waals surface area contributed by atoms with Gasteiger partial charge in [-0.15, -0.1) is 0 Å². The standard InChI is InChI=1S/C34H36BrN3O6S/c1-4-44-29-17-15-28(16-18-29)38(45(41,42)31-19-13-27(35)14-20-31)24-33(39)37(23-26-11-8-12-30(21-26)43-3)32(34(40)36-2)22-25-9-6-5-7-10-25/h5-21,32H,4,22-24H2,1-3H3,(H,36,40). The van der Waals surface area contributed by atoms with Gasteiger partial charge in [0, 0.05) is 24.5 Å². The quantitative estimate of drug-likeness (QED) is 0.189. The van der Waals surface area contributed by atoms with Crippen LogP contribution in [0.2, 0.25) is 0 Å². The molecule has 45 heavy (non-hydrogen) atoms. The molecule has 1 atom stereocenters. The van der Waals surface area contributed by atoms with Gasteiger partial charge in [-0.1, -0.05) is 58.4 Å². The minimum absolute atomic E-state index is 0.0128. The number of likely N-dealkylation sites (N-methyl/N-ethyl adjacent to an activating group) is 1. The Morgan fingerprint density at radius 1 is 0.867 bits per heavy atom. The number of rotatable bonds is 14. The number of carbonyl (C=O) groups is 2. The monoisotopic (exact) mass is 693 g/mol. The molecule has 9 nitrogen and oxygen atoms in total. The maximum absolute atomic E-state index is 14.4. The summed E-state index contributed by atoms with van der Waals surface area (Å²) in [5.41, 5.74) is 1.84. The molecule has 4 aromatic carbocycles. The van der Waals surface area contributed by atoms with Crippen molar-refractivity contribution in [1.29, 1.82) is 0 Å². The van der Waals surface area contributed by atoms with Crippen LogP contribution in [-0.4, -0.2) is 58.5 Å². The highest BCUT2D eigenvalue weighted by molar-refractivity contribution is 9.10. The minimum atomic E-state index is -4.21. The molecule has 11 heteroatoms. The molecule has 0 saturated heterocycles. The first kappa shape index (κ1) is 33.5. The van der Waals surface area contributed by atoms with Gasteiger partial charge in [-0.2, -0.15) is 0 Å². The number of hydrogen-bond acceptors (Lipinski definition) is 6. The minimum Gasteiger partial charge on any atom is -0.497 e. The van der Waals surface area contributed by atoms with Crippen LogP contribution in [0.3, 0.4) is 0 Å². The van der Waals surface area contributed by atoms with Crippen molar-refractivity contribution in [3.05, 3.63) is 119 Å². The molecule has 0 aliphatic carbocycles. The van der Waals surface area contributed by atoms with Crippen LogP contribution >= 0.6 is 15.9 Å². The van der Waals surface area contributed by atoms with Gasteiger partial charge in [0.2, 0.25) is 11.8 Å². The zero-order valence-electron chi connectivity index (χ0n) is 25.4. The highest BCUT2D eigenvalue weighted by Crippen LogP contribution is 2.28. The second-order valence-electron chi connectivity index (χ2n) is 10.1. The first-order chi connectivity index (χ1) is 21.7. The molecule has 0 heterocycles. The Balaban J connectivity index is 1.79. The molecule has 0 spiro atoms. The van der Waals surface area contributed by atoms with Crippen molar-refractivity contribution >= 4 is 43.5 Å². The number of hydrogen-bond donors (Lipinski definition) is 1. The third kappa shape index (κ3) is 8.64. The van der Waals surface area contributed by atoms with Crippen molar-refractivity contribution in [2.45, 2.75) is 30.8 Å². The Morgan fingerprint density at radius 2 is 1.53 bits per heavy atom. The predicted molar refractivity (Wildman–Crippen MR) is 178 cm³/mol. The number of methoxy groups -OCH3 is 1. The summed E-state index contributed by atoms with van der Waals surface area (Å²) in [6.07, 6.45) is 0.221. The Labute approximate surface area is 273 Å². The number of sulfonamides is 1. The van der Waals surface area contributed by atoms with Crippen molar-refractivity contribution < 1.29 is 27.5 Å². The smallest absolute Gasteiger partial charge is 0.264 e. The van der Waals surface area contributed by atoms with Crippen LogP contribution in [0, 0.1) is 0 Å². The fourth-order valence-electron chi connectivity index (χ4n) is 4.83. The van der Waals surface area contributed by atoms with Crippen LogP contribution in [0.4, 0.5) is 5.69 Å². The first-order valence-corrected chi connectivity index (χ1v) is 16.6. The van der Waals surface area contributed by atoms with E-state index < -0.39 is 28.5 Å². The van der Waals surface area contributed by atoms with Gasteiger partial charge >= 0.3 is 0 Å². The molecule has 0 aliphatic heterocycles. The first-order valence-electron chi connectivity index (χ1n) is 14.3. The van der Waals surface area contributed by atoms with Gasteiger partial charge in [-0.3, -0.25) is 13.9 Å². The SMILES string of the molecule is CCOc1ccc(N(CC(=O)N(Cc2cccc(OC)c2)C(Cc2ccccc2)C(=O)NC)S(=O)(=O)c2ccc(Br)cc2)cc1. The van der Waals surface area contributed by atoms with E-state index in [0.29, 0.717) is 28.1 Å². The predicted octanol–water partition coefficient (Wildman–Crippen LogP) is 5.44. The Bertz CT molecular complexity index is 1680. The van der Waals surface area contributed by atoms with E-state index >= 15 is 0 Å². The van der Waals surface area contributed by atoms with E-state index in [1.54, 1.807) is 61.7 Å². The van der Waals surface area contributed by atoms with Gasteiger partial charge in [-0.05, 0) is 78.7 Å².